The second-order valence-electron chi connectivity index (χ2n) is 9.18. The van der Waals surface area contributed by atoms with Gasteiger partial charge in [0.2, 0.25) is 0 Å². The Hall–Kier alpha value is -3.34. The lowest BCUT2D eigenvalue weighted by molar-refractivity contribution is 0.0992. The smallest absolute Gasteiger partial charge is 0.291 e. The number of nitrogens with one attached hydrogen (secondary N) is 2. The van der Waals surface area contributed by atoms with E-state index < -0.39 is 0 Å². The van der Waals surface area contributed by atoms with E-state index in [4.69, 9.17) is 9.52 Å². The van der Waals surface area contributed by atoms with Crippen LogP contribution in [0.25, 0.3) is 0 Å². The molecule has 0 radical (unpaired) electrons. The minimum Gasteiger partial charge on any atom is -0.455 e. The van der Waals surface area contributed by atoms with E-state index in [0.29, 0.717) is 5.76 Å². The zero-order valence-corrected chi connectivity index (χ0v) is 18.8. The molecule has 3 aromatic rings. The average molecular weight is 416 g/mol. The number of hydrogen-bond donors (Lipinski definition) is 2. The molecule has 1 heterocycles. The third-order valence-corrected chi connectivity index (χ3v) is 5.72. The Bertz CT molecular complexity index is 1160. The lowest BCUT2D eigenvalue weighted by atomic mass is 9.75. The minimum atomic E-state index is -0.230. The van der Waals surface area contributed by atoms with E-state index in [-0.39, 0.29) is 11.3 Å². The molecule has 1 aliphatic carbocycles. The van der Waals surface area contributed by atoms with Gasteiger partial charge in [-0.3, -0.25) is 10.2 Å². The number of hydrogen-bond acceptors (Lipinski definition) is 4. The van der Waals surface area contributed by atoms with Crippen LogP contribution in [-0.2, 0) is 6.42 Å². The van der Waals surface area contributed by atoms with Gasteiger partial charge in [-0.1, -0.05) is 49.7 Å². The van der Waals surface area contributed by atoms with E-state index in [9.17, 15) is 4.79 Å². The Morgan fingerprint density at radius 3 is 2.48 bits per heavy atom. The monoisotopic (exact) mass is 415 g/mol. The Morgan fingerprint density at radius 2 is 1.77 bits per heavy atom. The number of hydrazone groups is 1. The topological polar surface area (TPSA) is 66.6 Å². The molecule has 0 saturated heterocycles. The molecule has 4 rings (SSSR count). The lowest BCUT2D eigenvalue weighted by Crippen LogP contribution is -2.27. The highest BCUT2D eigenvalue weighted by Gasteiger charge is 2.36. The van der Waals surface area contributed by atoms with Crippen LogP contribution in [0.4, 0.5) is 11.4 Å². The number of fused-ring (bicyclic) bond motifs is 1. The molecule has 0 saturated carbocycles. The number of carbonyl (C=O) groups is 1. The van der Waals surface area contributed by atoms with Crippen LogP contribution in [0.5, 0.6) is 0 Å². The van der Waals surface area contributed by atoms with Gasteiger partial charge in [0, 0.05) is 23.2 Å². The highest BCUT2D eigenvalue weighted by atomic mass is 16.4. The molecular weight excluding hydrogens is 386 g/mol. The van der Waals surface area contributed by atoms with Gasteiger partial charge in [-0.2, -0.15) is 5.10 Å². The van der Waals surface area contributed by atoms with Crippen molar-refractivity contribution in [2.24, 2.45) is 10.5 Å². The van der Waals surface area contributed by atoms with Crippen LogP contribution in [-0.4, -0.2) is 11.6 Å². The molecule has 160 valence electrons. The number of aryl methyl sites for hydroxylation is 2. The van der Waals surface area contributed by atoms with Gasteiger partial charge >= 0.3 is 0 Å². The van der Waals surface area contributed by atoms with Crippen LogP contribution >= 0.6 is 0 Å². The molecule has 0 fully saturated rings. The van der Waals surface area contributed by atoms with E-state index in [1.54, 1.807) is 0 Å². The van der Waals surface area contributed by atoms with Crippen molar-refractivity contribution in [3.05, 3.63) is 82.3 Å². The number of amides is 1. The number of furan rings is 1. The van der Waals surface area contributed by atoms with Crippen LogP contribution in [0.15, 0.2) is 58.0 Å². The third-order valence-electron chi connectivity index (χ3n) is 5.72. The Morgan fingerprint density at radius 1 is 1.03 bits per heavy atom. The number of rotatable bonds is 4. The zero-order valence-electron chi connectivity index (χ0n) is 18.8. The fraction of sp³-hybridized carbons (Fsp3) is 0.308. The molecule has 0 aliphatic heterocycles. The molecule has 0 spiro atoms. The van der Waals surface area contributed by atoms with Crippen molar-refractivity contribution in [1.29, 1.82) is 0 Å². The number of nitrogens with zero attached hydrogens (tertiary/aromatic N) is 1. The van der Waals surface area contributed by atoms with Gasteiger partial charge in [0.15, 0.2) is 5.76 Å². The average Bonchev–Trinajstić information content (AvgIpc) is 3.04. The summed E-state index contributed by atoms with van der Waals surface area (Å²) in [6.45, 7) is 10.4. The molecule has 1 aliphatic rings. The highest BCUT2D eigenvalue weighted by molar-refractivity contribution is 6.09. The number of anilines is 2. The number of benzene rings is 2. The summed E-state index contributed by atoms with van der Waals surface area (Å²) in [6, 6.07) is 15.8. The standard InChI is InChI=1S/C26H29N3O2/c1-16-11-12-20(17(2)13-16)27-25(30)24-18(3)23-21(14-26(4,5)15-22(23)31-24)29-28-19-9-7-6-8-10-19/h6-13,28H,14-15H2,1-5H3,(H,27,30)/b29-21-. The van der Waals surface area contributed by atoms with Crippen molar-refractivity contribution >= 4 is 23.0 Å². The van der Waals surface area contributed by atoms with Crippen LogP contribution in [0.3, 0.4) is 0 Å². The van der Waals surface area contributed by atoms with Gasteiger partial charge in [-0.05, 0) is 56.4 Å². The summed E-state index contributed by atoms with van der Waals surface area (Å²) in [4.78, 5) is 13.1. The minimum absolute atomic E-state index is 0.00418. The summed E-state index contributed by atoms with van der Waals surface area (Å²) in [5.74, 6) is 0.954. The molecule has 5 heteroatoms. The van der Waals surface area contributed by atoms with Gasteiger partial charge in [-0.25, -0.2) is 0 Å². The van der Waals surface area contributed by atoms with E-state index in [1.165, 1.54) is 0 Å². The first-order chi connectivity index (χ1) is 14.7. The Balaban J connectivity index is 1.67. The van der Waals surface area contributed by atoms with Crippen molar-refractivity contribution < 1.29 is 9.21 Å². The van der Waals surface area contributed by atoms with Crippen LogP contribution < -0.4 is 10.7 Å². The van der Waals surface area contributed by atoms with Gasteiger partial charge in [-0.15, -0.1) is 0 Å². The predicted molar refractivity (Wildman–Crippen MR) is 126 cm³/mol. The first-order valence-electron chi connectivity index (χ1n) is 10.6. The fourth-order valence-electron chi connectivity index (χ4n) is 4.20. The van der Waals surface area contributed by atoms with Crippen molar-refractivity contribution in [3.8, 4) is 0 Å². The van der Waals surface area contributed by atoms with Crippen molar-refractivity contribution in [1.82, 2.24) is 0 Å². The number of carbonyl (C=O) groups excluding carboxylic acids is 1. The summed E-state index contributed by atoms with van der Waals surface area (Å²) in [5.41, 5.74) is 9.77. The Labute approximate surface area is 183 Å². The summed E-state index contributed by atoms with van der Waals surface area (Å²) in [6.07, 6.45) is 1.57. The molecule has 31 heavy (non-hydrogen) atoms. The van der Waals surface area contributed by atoms with E-state index in [1.807, 2.05) is 63.2 Å². The van der Waals surface area contributed by atoms with Gasteiger partial charge in [0.1, 0.15) is 5.76 Å². The van der Waals surface area contributed by atoms with Gasteiger partial charge in [0.25, 0.3) is 5.91 Å². The van der Waals surface area contributed by atoms with Crippen LogP contribution in [0.2, 0.25) is 0 Å². The first kappa shape index (κ1) is 20.9. The van der Waals surface area contributed by atoms with Crippen molar-refractivity contribution in [2.45, 2.75) is 47.5 Å². The third kappa shape index (κ3) is 4.41. The normalized spacial score (nSPS) is 16.1. The molecule has 1 amide bonds. The van der Waals surface area contributed by atoms with Crippen LogP contribution in [0, 0.1) is 26.2 Å². The fourth-order valence-corrected chi connectivity index (χ4v) is 4.20. The highest BCUT2D eigenvalue weighted by Crippen LogP contribution is 2.39. The SMILES string of the molecule is Cc1ccc(NC(=O)c2oc3c(c2C)/C(=N\Nc2ccccc2)CC(C)(C)C3)c(C)c1. The summed E-state index contributed by atoms with van der Waals surface area (Å²) >= 11 is 0. The maximum Gasteiger partial charge on any atom is 0.291 e. The van der Waals surface area contributed by atoms with Crippen LogP contribution in [0.1, 0.15) is 58.8 Å². The molecule has 2 aromatic carbocycles. The molecule has 1 aromatic heterocycles. The molecule has 5 nitrogen and oxygen atoms in total. The second-order valence-corrected chi connectivity index (χ2v) is 9.18. The largest absolute Gasteiger partial charge is 0.455 e. The Kier molecular flexibility index (Phi) is 5.44. The number of para-hydroxylation sites is 1. The van der Waals surface area contributed by atoms with E-state index in [0.717, 1.165) is 57.9 Å². The molecule has 0 bridgehead atoms. The molecular formula is C26H29N3O2. The summed E-state index contributed by atoms with van der Waals surface area (Å²) in [7, 11) is 0. The molecule has 2 N–H and O–H groups in total. The van der Waals surface area contributed by atoms with Crippen molar-refractivity contribution in [3.63, 3.8) is 0 Å². The predicted octanol–water partition coefficient (Wildman–Crippen LogP) is 6.25. The molecule has 0 unspecified atom stereocenters. The van der Waals surface area contributed by atoms with E-state index >= 15 is 0 Å². The maximum atomic E-state index is 13.1. The summed E-state index contributed by atoms with van der Waals surface area (Å²) in [5, 5.41) is 7.72. The van der Waals surface area contributed by atoms with E-state index in [2.05, 4.69) is 30.7 Å². The maximum absolute atomic E-state index is 13.1. The second kappa shape index (κ2) is 8.06. The quantitative estimate of drug-likeness (QED) is 0.495. The van der Waals surface area contributed by atoms with Crippen molar-refractivity contribution in [2.75, 3.05) is 10.7 Å². The summed E-state index contributed by atoms with van der Waals surface area (Å²) < 4.78 is 6.13. The van der Waals surface area contributed by atoms with Gasteiger partial charge in [0.05, 0.1) is 11.4 Å². The lowest BCUT2D eigenvalue weighted by Gasteiger charge is -2.29. The first-order valence-corrected chi connectivity index (χ1v) is 10.6. The molecule has 0 atom stereocenters. The van der Waals surface area contributed by atoms with Gasteiger partial charge < -0.3 is 9.73 Å². The zero-order chi connectivity index (χ0) is 22.2.